The summed E-state index contributed by atoms with van der Waals surface area (Å²) in [5.74, 6) is 0.0977. The Kier molecular flexibility index (Phi) is 5.47. The minimum atomic E-state index is -3.76. The van der Waals surface area contributed by atoms with Crippen LogP contribution in [0.1, 0.15) is 30.0 Å². The van der Waals surface area contributed by atoms with Crippen molar-refractivity contribution < 1.29 is 22.4 Å². The van der Waals surface area contributed by atoms with Crippen molar-refractivity contribution in [1.82, 2.24) is 24.6 Å². The van der Waals surface area contributed by atoms with Crippen molar-refractivity contribution >= 4 is 20.9 Å². The number of nitrogens with zero attached hydrogens (tertiary/aromatic N) is 5. The van der Waals surface area contributed by atoms with E-state index in [-0.39, 0.29) is 22.7 Å². The summed E-state index contributed by atoms with van der Waals surface area (Å²) < 4.78 is 45.8. The van der Waals surface area contributed by atoms with Crippen molar-refractivity contribution in [3.8, 4) is 0 Å². The summed E-state index contributed by atoms with van der Waals surface area (Å²) in [7, 11) is -1.82. The van der Waals surface area contributed by atoms with Crippen LogP contribution in [0.4, 0.5) is 4.39 Å². The third-order valence-corrected chi connectivity index (χ3v) is 7.50. The fraction of sp³-hybridized carbons (Fsp3) is 0.318. The Morgan fingerprint density at radius 1 is 1.15 bits per heavy atom. The summed E-state index contributed by atoms with van der Waals surface area (Å²) in [5.41, 5.74) is 1.90. The molecule has 33 heavy (non-hydrogen) atoms. The number of aliphatic hydroxyl groups excluding tert-OH is 1. The molecule has 1 aliphatic rings. The summed E-state index contributed by atoms with van der Waals surface area (Å²) in [4.78, 5) is 11.0. The molecule has 0 saturated carbocycles. The summed E-state index contributed by atoms with van der Waals surface area (Å²) in [6.45, 7) is 0.859. The van der Waals surface area contributed by atoms with Crippen LogP contribution in [0.5, 0.6) is 0 Å². The number of aromatic nitrogens is 4. The zero-order valence-electron chi connectivity index (χ0n) is 17.8. The molecule has 0 amide bonds. The normalized spacial score (nSPS) is 19.5. The average Bonchev–Trinajstić information content (AvgIpc) is 3.46. The highest BCUT2D eigenvalue weighted by Crippen LogP contribution is 2.33. The van der Waals surface area contributed by atoms with Gasteiger partial charge in [-0.15, -0.1) is 0 Å². The number of sulfone groups is 1. The molecule has 0 aliphatic carbocycles. The van der Waals surface area contributed by atoms with Crippen molar-refractivity contribution in [3.63, 3.8) is 0 Å². The van der Waals surface area contributed by atoms with Crippen molar-refractivity contribution in [1.29, 1.82) is 0 Å². The van der Waals surface area contributed by atoms with Crippen LogP contribution in [0.15, 0.2) is 57.9 Å². The number of benzene rings is 2. The number of para-hydroxylation sites is 2. The first-order valence-corrected chi connectivity index (χ1v) is 12.1. The van der Waals surface area contributed by atoms with Crippen molar-refractivity contribution in [3.05, 3.63) is 71.9 Å². The van der Waals surface area contributed by atoms with Crippen LogP contribution in [0.25, 0.3) is 11.0 Å². The Balaban J connectivity index is 1.36. The first-order valence-electron chi connectivity index (χ1n) is 10.4. The van der Waals surface area contributed by atoms with E-state index in [2.05, 4.69) is 15.1 Å². The highest BCUT2D eigenvalue weighted by Gasteiger charge is 2.37. The largest absolute Gasteiger partial charge is 0.392 e. The van der Waals surface area contributed by atoms with E-state index >= 15 is 0 Å². The third kappa shape index (κ3) is 4.26. The van der Waals surface area contributed by atoms with Crippen LogP contribution in [-0.4, -0.2) is 50.8 Å². The van der Waals surface area contributed by atoms with Gasteiger partial charge in [-0.05, 0) is 42.8 Å². The Morgan fingerprint density at radius 2 is 1.91 bits per heavy atom. The highest BCUT2D eigenvalue weighted by molar-refractivity contribution is 7.90. The molecular formula is C22H22FN5O4S. The molecule has 1 saturated heterocycles. The van der Waals surface area contributed by atoms with Gasteiger partial charge in [0.15, 0.2) is 15.7 Å². The van der Waals surface area contributed by atoms with Gasteiger partial charge in [-0.2, -0.15) is 4.98 Å². The number of rotatable bonds is 6. The predicted octanol–water partition coefficient (Wildman–Crippen LogP) is 2.38. The molecule has 0 radical (unpaired) electrons. The van der Waals surface area contributed by atoms with E-state index in [1.54, 1.807) is 0 Å². The number of halogens is 1. The molecular weight excluding hydrogens is 449 g/mol. The number of β-amino-alcohol motifs (C(OH)–C–C–N with tert-alkyl or cyclic N) is 1. The molecule has 2 atom stereocenters. The van der Waals surface area contributed by atoms with Crippen LogP contribution in [0.2, 0.25) is 0 Å². The first kappa shape index (κ1) is 21.7. The quantitative estimate of drug-likeness (QED) is 0.427. The molecule has 2 aromatic carbocycles. The summed E-state index contributed by atoms with van der Waals surface area (Å²) >= 11 is 0. The molecule has 9 nitrogen and oxygen atoms in total. The smallest absolute Gasteiger partial charge is 0.244 e. The lowest BCUT2D eigenvalue weighted by Gasteiger charge is -2.20. The number of imidazole rings is 1. The molecule has 0 spiro atoms. The number of hydrogen-bond acceptors (Lipinski definition) is 8. The lowest BCUT2D eigenvalue weighted by atomic mass is 10.2. The van der Waals surface area contributed by atoms with Gasteiger partial charge in [0.05, 0.1) is 34.6 Å². The van der Waals surface area contributed by atoms with Crippen LogP contribution in [0.3, 0.4) is 0 Å². The van der Waals surface area contributed by atoms with Crippen molar-refractivity contribution in [2.75, 3.05) is 6.54 Å². The molecule has 0 bridgehead atoms. The first-order chi connectivity index (χ1) is 15.8. The molecule has 1 fully saturated rings. The number of likely N-dealkylation sites (tertiary alicyclic amines) is 1. The second kappa shape index (κ2) is 8.32. The van der Waals surface area contributed by atoms with E-state index in [9.17, 15) is 17.9 Å². The fourth-order valence-corrected chi connectivity index (χ4v) is 5.36. The number of aliphatic hydroxyl groups is 1. The van der Waals surface area contributed by atoms with Crippen molar-refractivity contribution in [2.24, 2.45) is 7.05 Å². The predicted molar refractivity (Wildman–Crippen MR) is 116 cm³/mol. The monoisotopic (exact) mass is 471 g/mol. The summed E-state index contributed by atoms with van der Waals surface area (Å²) in [6.07, 6.45) is -0.195. The van der Waals surface area contributed by atoms with Gasteiger partial charge in [-0.25, -0.2) is 17.8 Å². The average molecular weight is 472 g/mol. The highest BCUT2D eigenvalue weighted by atomic mass is 32.2. The molecule has 0 unspecified atom stereocenters. The lowest BCUT2D eigenvalue weighted by molar-refractivity contribution is 0.167. The van der Waals surface area contributed by atoms with Crippen LogP contribution in [-0.2, 0) is 29.2 Å². The van der Waals surface area contributed by atoms with E-state index in [0.29, 0.717) is 19.5 Å². The van der Waals surface area contributed by atoms with Gasteiger partial charge in [0.2, 0.25) is 5.89 Å². The van der Waals surface area contributed by atoms with Crippen LogP contribution < -0.4 is 0 Å². The fourth-order valence-electron chi connectivity index (χ4n) is 4.19. The Bertz CT molecular complexity index is 1400. The molecule has 1 N–H and O–H groups in total. The van der Waals surface area contributed by atoms with Gasteiger partial charge in [-0.3, -0.25) is 4.90 Å². The van der Waals surface area contributed by atoms with Gasteiger partial charge in [-0.1, -0.05) is 17.3 Å². The van der Waals surface area contributed by atoms with Crippen LogP contribution >= 0.6 is 0 Å². The number of hydrogen-bond donors (Lipinski definition) is 1. The maximum absolute atomic E-state index is 13.1. The van der Waals surface area contributed by atoms with E-state index in [1.165, 1.54) is 12.1 Å². The maximum atomic E-state index is 13.1. The van der Waals surface area contributed by atoms with Crippen LogP contribution in [0, 0.1) is 5.82 Å². The second-order valence-electron chi connectivity index (χ2n) is 8.17. The Labute approximate surface area is 189 Å². The van der Waals surface area contributed by atoms with Gasteiger partial charge in [0.1, 0.15) is 17.4 Å². The topological polar surface area (TPSA) is 114 Å². The summed E-state index contributed by atoms with van der Waals surface area (Å²) in [5, 5.41) is 14.1. The van der Waals surface area contributed by atoms with E-state index < -0.39 is 27.5 Å². The minimum absolute atomic E-state index is 0.0124. The van der Waals surface area contributed by atoms with E-state index in [1.807, 2.05) is 40.8 Å². The number of aryl methyl sites for hydroxylation is 1. The minimum Gasteiger partial charge on any atom is -0.392 e. The van der Waals surface area contributed by atoms with Gasteiger partial charge in [0.25, 0.3) is 0 Å². The molecule has 4 aromatic rings. The number of fused-ring (bicyclic) bond motifs is 1. The lowest BCUT2D eigenvalue weighted by Crippen LogP contribution is -2.26. The van der Waals surface area contributed by atoms with Crippen molar-refractivity contribution in [2.45, 2.75) is 35.8 Å². The maximum Gasteiger partial charge on any atom is 0.244 e. The Morgan fingerprint density at radius 3 is 2.67 bits per heavy atom. The molecule has 1 aliphatic heterocycles. The van der Waals surface area contributed by atoms with Gasteiger partial charge >= 0.3 is 0 Å². The Hall–Kier alpha value is -3.15. The molecule has 3 heterocycles. The standard InChI is InChI=1S/C22H22FN5O4S/c1-27-18-5-3-2-4-17(18)24-21(27)12-28-11-15(29)10-19(28)22-25-20(26-32-22)13-33(30,31)16-8-6-14(23)7-9-16/h2-9,15,19,29H,10-13H2,1H3/t15-,19+/m1/s1. The summed E-state index contributed by atoms with van der Waals surface area (Å²) in [6, 6.07) is 12.1. The molecule has 2 aromatic heterocycles. The molecule has 11 heteroatoms. The van der Waals surface area contributed by atoms with Gasteiger partial charge < -0.3 is 14.2 Å². The molecule has 172 valence electrons. The van der Waals surface area contributed by atoms with E-state index in [4.69, 9.17) is 4.52 Å². The zero-order chi connectivity index (χ0) is 23.2. The van der Waals surface area contributed by atoms with E-state index in [0.717, 1.165) is 29.0 Å². The third-order valence-electron chi connectivity index (χ3n) is 5.87. The second-order valence-corrected chi connectivity index (χ2v) is 10.2. The SMILES string of the molecule is Cn1c(CN2C[C@H](O)C[C@H]2c2nc(CS(=O)(=O)c3ccc(F)cc3)no2)nc2ccccc21. The molecule has 5 rings (SSSR count). The zero-order valence-corrected chi connectivity index (χ0v) is 18.6. The van der Waals surface area contributed by atoms with Gasteiger partial charge in [0, 0.05) is 13.6 Å².